The van der Waals surface area contributed by atoms with Gasteiger partial charge in [-0.1, -0.05) is 19.3 Å². The van der Waals surface area contributed by atoms with Gasteiger partial charge in [0.15, 0.2) is 0 Å². The predicted octanol–water partition coefficient (Wildman–Crippen LogP) is 2.11. The van der Waals surface area contributed by atoms with E-state index in [1.54, 1.807) is 0 Å². The Morgan fingerprint density at radius 2 is 1.93 bits per heavy atom. The van der Waals surface area contributed by atoms with Gasteiger partial charge < -0.3 is 10.2 Å². The van der Waals surface area contributed by atoms with E-state index < -0.39 is 0 Å². The molecule has 14 heavy (non-hydrogen) atoms. The Labute approximate surface area is 89.1 Å². The molecule has 2 nitrogen and oxygen atoms in total. The molecule has 0 aromatic carbocycles. The molecule has 0 aliphatic heterocycles. The van der Waals surface area contributed by atoms with Crippen LogP contribution in [-0.2, 0) is 0 Å². The van der Waals surface area contributed by atoms with Gasteiger partial charge in [0.25, 0.3) is 0 Å². The fourth-order valence-electron chi connectivity index (χ4n) is 2.44. The summed E-state index contributed by atoms with van der Waals surface area (Å²) >= 11 is 0. The summed E-state index contributed by atoms with van der Waals surface area (Å²) in [5, 5.41) is 3.29. The minimum Gasteiger partial charge on any atom is -0.316 e. The lowest BCUT2D eigenvalue weighted by Crippen LogP contribution is -2.37. The molecule has 1 N–H and O–H groups in total. The number of hydrogen-bond acceptors (Lipinski definition) is 2. The summed E-state index contributed by atoms with van der Waals surface area (Å²) in [5.74, 6) is 0.970. The average molecular weight is 198 g/mol. The van der Waals surface area contributed by atoms with E-state index in [1.165, 1.54) is 45.2 Å². The maximum Gasteiger partial charge on any atom is 0.0163 e. The van der Waals surface area contributed by atoms with Gasteiger partial charge in [-0.15, -0.1) is 0 Å². The van der Waals surface area contributed by atoms with Crippen molar-refractivity contribution in [1.82, 2.24) is 10.2 Å². The Hall–Kier alpha value is -0.0800. The summed E-state index contributed by atoms with van der Waals surface area (Å²) in [6.45, 7) is 4.72. The fraction of sp³-hybridized carbons (Fsp3) is 1.00. The minimum absolute atomic E-state index is 0.614. The van der Waals surface area contributed by atoms with Crippen LogP contribution in [0.5, 0.6) is 0 Å². The molecule has 2 heteroatoms. The first-order valence-electron chi connectivity index (χ1n) is 6.08. The zero-order chi connectivity index (χ0) is 10.4. The minimum atomic E-state index is 0.614. The second kappa shape index (κ2) is 6.41. The van der Waals surface area contributed by atoms with Crippen molar-refractivity contribution >= 4 is 0 Å². The van der Waals surface area contributed by atoms with E-state index in [4.69, 9.17) is 0 Å². The Bertz CT molecular complexity index is 141. The summed E-state index contributed by atoms with van der Waals surface area (Å²) in [6.07, 6.45) is 7.30. The molecule has 0 heterocycles. The highest BCUT2D eigenvalue weighted by Crippen LogP contribution is 2.23. The predicted molar refractivity (Wildman–Crippen MR) is 62.6 cm³/mol. The summed E-state index contributed by atoms with van der Waals surface area (Å²) in [7, 11) is 4.29. The molecule has 0 spiro atoms. The van der Waals surface area contributed by atoms with Gasteiger partial charge in [0, 0.05) is 19.1 Å². The van der Waals surface area contributed by atoms with Crippen molar-refractivity contribution in [1.29, 1.82) is 0 Å². The quantitative estimate of drug-likeness (QED) is 0.728. The van der Waals surface area contributed by atoms with Crippen LogP contribution in [0.25, 0.3) is 0 Å². The third kappa shape index (κ3) is 4.43. The SMILES string of the molecule is CNC(C)CN(C)CC1CCCCC1. The average Bonchev–Trinajstić information content (AvgIpc) is 2.19. The van der Waals surface area contributed by atoms with Crippen LogP contribution in [0.3, 0.4) is 0 Å². The van der Waals surface area contributed by atoms with Gasteiger partial charge in [-0.3, -0.25) is 0 Å². The monoisotopic (exact) mass is 198 g/mol. The molecule has 1 atom stereocenters. The van der Waals surface area contributed by atoms with Crippen molar-refractivity contribution in [2.45, 2.75) is 45.1 Å². The highest BCUT2D eigenvalue weighted by atomic mass is 15.1. The second-order valence-electron chi connectivity index (χ2n) is 4.91. The third-order valence-corrected chi connectivity index (χ3v) is 3.37. The molecule has 1 aliphatic carbocycles. The number of nitrogens with one attached hydrogen (secondary N) is 1. The van der Waals surface area contributed by atoms with Crippen LogP contribution in [0.1, 0.15) is 39.0 Å². The lowest BCUT2D eigenvalue weighted by atomic mass is 9.89. The molecule has 0 saturated heterocycles. The van der Waals surface area contributed by atoms with Gasteiger partial charge in [0.05, 0.1) is 0 Å². The van der Waals surface area contributed by atoms with Crippen molar-refractivity contribution in [3.05, 3.63) is 0 Å². The van der Waals surface area contributed by atoms with Gasteiger partial charge in [0.1, 0.15) is 0 Å². The molecule has 0 aromatic heterocycles. The fourth-order valence-corrected chi connectivity index (χ4v) is 2.44. The van der Waals surface area contributed by atoms with E-state index in [2.05, 4.69) is 24.2 Å². The topological polar surface area (TPSA) is 15.3 Å². The van der Waals surface area contributed by atoms with E-state index in [0.717, 1.165) is 5.92 Å². The molecule has 1 saturated carbocycles. The molecule has 1 fully saturated rings. The number of rotatable bonds is 5. The largest absolute Gasteiger partial charge is 0.316 e. The van der Waals surface area contributed by atoms with Crippen molar-refractivity contribution in [2.24, 2.45) is 5.92 Å². The maximum absolute atomic E-state index is 3.29. The number of hydrogen-bond donors (Lipinski definition) is 1. The summed E-state index contributed by atoms with van der Waals surface area (Å²) in [6, 6.07) is 0.614. The smallest absolute Gasteiger partial charge is 0.0163 e. The van der Waals surface area contributed by atoms with Crippen LogP contribution in [0.4, 0.5) is 0 Å². The van der Waals surface area contributed by atoms with Crippen LogP contribution < -0.4 is 5.32 Å². The molecular formula is C12H26N2. The van der Waals surface area contributed by atoms with Gasteiger partial charge in [-0.25, -0.2) is 0 Å². The van der Waals surface area contributed by atoms with Gasteiger partial charge in [0.2, 0.25) is 0 Å². The van der Waals surface area contributed by atoms with Crippen LogP contribution in [0.15, 0.2) is 0 Å². The van der Waals surface area contributed by atoms with Crippen molar-refractivity contribution < 1.29 is 0 Å². The lowest BCUT2D eigenvalue weighted by molar-refractivity contribution is 0.221. The van der Waals surface area contributed by atoms with Crippen LogP contribution in [0, 0.1) is 5.92 Å². The van der Waals surface area contributed by atoms with Crippen molar-refractivity contribution in [2.75, 3.05) is 27.2 Å². The van der Waals surface area contributed by atoms with Crippen LogP contribution in [-0.4, -0.2) is 38.1 Å². The zero-order valence-electron chi connectivity index (χ0n) is 10.1. The van der Waals surface area contributed by atoms with E-state index in [0.29, 0.717) is 6.04 Å². The lowest BCUT2D eigenvalue weighted by Gasteiger charge is -2.28. The normalized spacial score (nSPS) is 21.4. The molecule has 1 unspecified atom stereocenters. The first-order valence-corrected chi connectivity index (χ1v) is 6.08. The first kappa shape index (κ1) is 12.0. The standard InChI is InChI=1S/C12H26N2/c1-11(13-2)9-14(3)10-12-7-5-4-6-8-12/h11-13H,4-10H2,1-3H3. The Balaban J connectivity index is 2.14. The van der Waals surface area contributed by atoms with Crippen LogP contribution in [0.2, 0.25) is 0 Å². The van der Waals surface area contributed by atoms with Gasteiger partial charge in [-0.2, -0.15) is 0 Å². The van der Waals surface area contributed by atoms with E-state index >= 15 is 0 Å². The van der Waals surface area contributed by atoms with E-state index in [-0.39, 0.29) is 0 Å². The summed E-state index contributed by atoms with van der Waals surface area (Å²) < 4.78 is 0. The molecular weight excluding hydrogens is 172 g/mol. The second-order valence-corrected chi connectivity index (χ2v) is 4.91. The van der Waals surface area contributed by atoms with Crippen molar-refractivity contribution in [3.8, 4) is 0 Å². The molecule has 0 bridgehead atoms. The zero-order valence-corrected chi connectivity index (χ0v) is 10.1. The molecule has 0 amide bonds. The molecule has 1 aliphatic rings. The van der Waals surface area contributed by atoms with Crippen LogP contribution >= 0.6 is 0 Å². The molecule has 0 radical (unpaired) electrons. The molecule has 84 valence electrons. The maximum atomic E-state index is 3.29. The van der Waals surface area contributed by atoms with Crippen molar-refractivity contribution in [3.63, 3.8) is 0 Å². The molecule has 0 aromatic rings. The number of nitrogens with zero attached hydrogens (tertiary/aromatic N) is 1. The number of likely N-dealkylation sites (N-methyl/N-ethyl adjacent to an activating group) is 2. The summed E-state index contributed by atoms with van der Waals surface area (Å²) in [5.41, 5.74) is 0. The van der Waals surface area contributed by atoms with Gasteiger partial charge in [-0.05, 0) is 39.8 Å². The Morgan fingerprint density at radius 1 is 1.29 bits per heavy atom. The molecule has 1 rings (SSSR count). The van der Waals surface area contributed by atoms with E-state index in [1.807, 2.05) is 7.05 Å². The van der Waals surface area contributed by atoms with E-state index in [9.17, 15) is 0 Å². The summed E-state index contributed by atoms with van der Waals surface area (Å²) in [4.78, 5) is 2.48. The Kier molecular flexibility index (Phi) is 5.49. The first-order chi connectivity index (χ1) is 6.72. The van der Waals surface area contributed by atoms with Gasteiger partial charge >= 0.3 is 0 Å². The third-order valence-electron chi connectivity index (χ3n) is 3.37. The highest BCUT2D eigenvalue weighted by Gasteiger charge is 2.15. The Morgan fingerprint density at radius 3 is 2.50 bits per heavy atom. The highest BCUT2D eigenvalue weighted by molar-refractivity contribution is 4.71.